The van der Waals surface area contributed by atoms with Gasteiger partial charge in [0.2, 0.25) is 5.91 Å². The number of carbonyl (C=O) groups excluding carboxylic acids is 1. The molecule has 0 radical (unpaired) electrons. The van der Waals surface area contributed by atoms with Crippen molar-refractivity contribution in [2.45, 2.75) is 50.2 Å². The summed E-state index contributed by atoms with van der Waals surface area (Å²) in [5.74, 6) is 0.0882. The Kier molecular flexibility index (Phi) is 6.40. The van der Waals surface area contributed by atoms with E-state index in [9.17, 15) is 9.90 Å². The monoisotopic (exact) mass is 369 g/mol. The third-order valence-electron chi connectivity index (χ3n) is 4.81. The fourth-order valence-electron chi connectivity index (χ4n) is 3.51. The third-order valence-corrected chi connectivity index (χ3v) is 5.57. The van der Waals surface area contributed by atoms with Crippen molar-refractivity contribution in [1.29, 1.82) is 0 Å². The van der Waals surface area contributed by atoms with E-state index in [0.29, 0.717) is 32.7 Å². The normalized spacial score (nSPS) is 31.0. The molecule has 0 aliphatic carbocycles. The first-order chi connectivity index (χ1) is 12.0. The molecule has 0 saturated carbocycles. The molecular formula is C17H27N3O4S. The van der Waals surface area contributed by atoms with Gasteiger partial charge in [-0.15, -0.1) is 11.3 Å². The maximum atomic E-state index is 12.0. The molecule has 25 heavy (non-hydrogen) atoms. The molecule has 2 aliphatic heterocycles. The molecule has 2 fully saturated rings. The Morgan fingerprint density at radius 3 is 3.00 bits per heavy atom. The highest BCUT2D eigenvalue weighted by atomic mass is 32.1. The van der Waals surface area contributed by atoms with Crippen molar-refractivity contribution in [3.8, 4) is 0 Å². The van der Waals surface area contributed by atoms with Crippen LogP contribution in [0.4, 0.5) is 0 Å². The Bertz CT molecular complexity index is 554. The van der Waals surface area contributed by atoms with Crippen molar-refractivity contribution in [3.05, 3.63) is 16.6 Å². The predicted molar refractivity (Wildman–Crippen MR) is 94.3 cm³/mol. The van der Waals surface area contributed by atoms with Crippen LogP contribution in [0.3, 0.4) is 0 Å². The molecule has 0 bridgehead atoms. The molecule has 2 saturated heterocycles. The zero-order chi connectivity index (χ0) is 17.8. The molecule has 1 amide bonds. The number of aliphatic hydroxyl groups is 1. The summed E-state index contributed by atoms with van der Waals surface area (Å²) >= 11 is 1.62. The summed E-state index contributed by atoms with van der Waals surface area (Å²) in [6.45, 7) is 2.01. The Hall–Kier alpha value is -1.06. The number of aromatic nitrogens is 1. The lowest BCUT2D eigenvalue weighted by atomic mass is 9.94. The molecule has 0 aromatic carbocycles. The molecule has 3 rings (SSSR count). The molecule has 7 nitrogen and oxygen atoms in total. The van der Waals surface area contributed by atoms with Crippen molar-refractivity contribution in [2.75, 3.05) is 33.9 Å². The molecule has 2 aliphatic rings. The lowest BCUT2D eigenvalue weighted by Crippen LogP contribution is -2.55. The van der Waals surface area contributed by atoms with Crippen LogP contribution in [0, 0.1) is 0 Å². The molecule has 4 atom stereocenters. The number of amides is 1. The maximum absolute atomic E-state index is 12.0. The lowest BCUT2D eigenvalue weighted by Gasteiger charge is -2.44. The Balaban J connectivity index is 1.67. The second-order valence-corrected chi connectivity index (χ2v) is 7.96. The number of rotatable bonds is 4. The van der Waals surface area contributed by atoms with Crippen molar-refractivity contribution >= 4 is 17.2 Å². The molecule has 0 unspecified atom stereocenters. The van der Waals surface area contributed by atoms with Crippen LogP contribution in [0.25, 0.3) is 0 Å². The van der Waals surface area contributed by atoms with Crippen molar-refractivity contribution in [3.63, 3.8) is 0 Å². The summed E-state index contributed by atoms with van der Waals surface area (Å²) in [7, 11) is 3.54. The SMILES string of the molecule is CN(C)C(=O)C[C@H]1CC[C@H]2[C@@H](COC[C@@H](O)CN2Cc2nccs2)O1. The minimum Gasteiger partial charge on any atom is -0.389 e. The summed E-state index contributed by atoms with van der Waals surface area (Å²) in [6.07, 6.45) is 3.33. The zero-order valence-electron chi connectivity index (χ0n) is 14.8. The molecule has 1 aromatic heterocycles. The van der Waals surface area contributed by atoms with Crippen LogP contribution >= 0.6 is 11.3 Å². The van der Waals surface area contributed by atoms with Gasteiger partial charge < -0.3 is 19.5 Å². The topological polar surface area (TPSA) is 75.1 Å². The molecule has 1 N–H and O–H groups in total. The van der Waals surface area contributed by atoms with Crippen molar-refractivity contribution in [1.82, 2.24) is 14.8 Å². The van der Waals surface area contributed by atoms with E-state index in [0.717, 1.165) is 17.8 Å². The van der Waals surface area contributed by atoms with Gasteiger partial charge in [0.05, 0.1) is 44.5 Å². The first kappa shape index (κ1) is 18.7. The second-order valence-electron chi connectivity index (χ2n) is 6.98. The van der Waals surface area contributed by atoms with Gasteiger partial charge in [-0.25, -0.2) is 4.98 Å². The Morgan fingerprint density at radius 1 is 1.44 bits per heavy atom. The summed E-state index contributed by atoms with van der Waals surface area (Å²) in [4.78, 5) is 20.2. The number of nitrogens with zero attached hydrogens (tertiary/aromatic N) is 3. The number of fused-ring (bicyclic) bond motifs is 1. The van der Waals surface area contributed by atoms with E-state index >= 15 is 0 Å². The average Bonchev–Trinajstić information content (AvgIpc) is 3.06. The molecule has 3 heterocycles. The van der Waals surface area contributed by atoms with Crippen molar-refractivity contribution in [2.24, 2.45) is 0 Å². The Labute approximate surface area is 152 Å². The van der Waals surface area contributed by atoms with Crippen LogP contribution in [0.15, 0.2) is 11.6 Å². The number of hydrogen-bond acceptors (Lipinski definition) is 7. The lowest BCUT2D eigenvalue weighted by molar-refractivity contribution is -0.160. The zero-order valence-corrected chi connectivity index (χ0v) is 15.7. The number of hydrogen-bond donors (Lipinski definition) is 1. The van der Waals surface area contributed by atoms with Crippen LogP contribution in [-0.4, -0.2) is 84.0 Å². The quantitative estimate of drug-likeness (QED) is 0.843. The van der Waals surface area contributed by atoms with Crippen LogP contribution < -0.4 is 0 Å². The van der Waals surface area contributed by atoms with Gasteiger partial charge in [0.25, 0.3) is 0 Å². The number of aliphatic hydroxyl groups excluding tert-OH is 1. The highest BCUT2D eigenvalue weighted by Crippen LogP contribution is 2.29. The fourth-order valence-corrected chi connectivity index (χ4v) is 4.15. The second kappa shape index (κ2) is 8.55. The van der Waals surface area contributed by atoms with Crippen LogP contribution in [0.2, 0.25) is 0 Å². The van der Waals surface area contributed by atoms with Crippen LogP contribution in [0.5, 0.6) is 0 Å². The third kappa shape index (κ3) is 4.98. The van der Waals surface area contributed by atoms with E-state index in [-0.39, 0.29) is 24.2 Å². The van der Waals surface area contributed by atoms with E-state index in [1.54, 1.807) is 36.5 Å². The van der Waals surface area contributed by atoms with E-state index in [4.69, 9.17) is 9.47 Å². The molecular weight excluding hydrogens is 342 g/mol. The number of thiazole rings is 1. The van der Waals surface area contributed by atoms with Crippen LogP contribution in [-0.2, 0) is 20.8 Å². The van der Waals surface area contributed by atoms with Gasteiger partial charge in [0.15, 0.2) is 0 Å². The summed E-state index contributed by atoms with van der Waals surface area (Å²) < 4.78 is 11.8. The smallest absolute Gasteiger partial charge is 0.224 e. The van der Waals surface area contributed by atoms with Gasteiger partial charge in [0, 0.05) is 38.3 Å². The highest BCUT2D eigenvalue weighted by molar-refractivity contribution is 7.09. The first-order valence-corrected chi connectivity index (χ1v) is 9.64. The van der Waals surface area contributed by atoms with Crippen LogP contribution in [0.1, 0.15) is 24.3 Å². The molecule has 1 aromatic rings. The van der Waals surface area contributed by atoms with E-state index in [1.807, 2.05) is 5.38 Å². The first-order valence-electron chi connectivity index (χ1n) is 8.76. The predicted octanol–water partition coefficient (Wildman–Crippen LogP) is 0.731. The highest BCUT2D eigenvalue weighted by Gasteiger charge is 2.38. The van der Waals surface area contributed by atoms with E-state index in [2.05, 4.69) is 9.88 Å². The fraction of sp³-hybridized carbons (Fsp3) is 0.765. The minimum absolute atomic E-state index is 0.0641. The van der Waals surface area contributed by atoms with Gasteiger partial charge in [0.1, 0.15) is 5.01 Å². The molecule has 8 heteroatoms. The minimum atomic E-state index is -0.506. The molecule has 140 valence electrons. The van der Waals surface area contributed by atoms with Gasteiger partial charge in [-0.1, -0.05) is 0 Å². The molecule has 0 spiro atoms. The van der Waals surface area contributed by atoms with E-state index in [1.165, 1.54) is 0 Å². The van der Waals surface area contributed by atoms with Gasteiger partial charge in [-0.05, 0) is 12.8 Å². The van der Waals surface area contributed by atoms with Gasteiger partial charge in [-0.3, -0.25) is 9.69 Å². The number of ether oxygens (including phenoxy) is 2. The Morgan fingerprint density at radius 2 is 2.28 bits per heavy atom. The van der Waals surface area contributed by atoms with E-state index < -0.39 is 6.10 Å². The standard InChI is InChI=1S/C17H27N3O4S/c1-19(2)17(22)7-13-3-4-14-15(24-13)11-23-10-12(21)8-20(14)9-16-18-5-6-25-16/h5-6,12-15,21H,3-4,7-11H2,1-2H3/t12-,13+,14-,15+/m0/s1. The van der Waals surface area contributed by atoms with Crippen molar-refractivity contribution < 1.29 is 19.4 Å². The maximum Gasteiger partial charge on any atom is 0.224 e. The summed E-state index contributed by atoms with van der Waals surface area (Å²) in [5, 5.41) is 13.2. The van der Waals surface area contributed by atoms with Gasteiger partial charge in [-0.2, -0.15) is 0 Å². The largest absolute Gasteiger partial charge is 0.389 e. The number of β-amino-alcohol motifs (C(OH)–C–C–N with tert-alkyl or cyclic N) is 1. The summed E-state index contributed by atoms with van der Waals surface area (Å²) in [6, 6.07) is 0.171. The summed E-state index contributed by atoms with van der Waals surface area (Å²) in [5.41, 5.74) is 0. The van der Waals surface area contributed by atoms with Gasteiger partial charge >= 0.3 is 0 Å². The number of carbonyl (C=O) groups is 1. The average molecular weight is 369 g/mol.